The zero-order valence-electron chi connectivity index (χ0n) is 24.6. The van der Waals surface area contributed by atoms with Gasteiger partial charge in [0.15, 0.2) is 17.6 Å². The second kappa shape index (κ2) is 13.8. The number of hydroxylamine groups is 1. The first-order valence-electron chi connectivity index (χ1n) is 13.7. The molecular weight excluding hydrogens is 651 g/mol. The molecule has 3 amide bonds. The Balaban J connectivity index is 1.17. The van der Waals surface area contributed by atoms with Gasteiger partial charge in [-0.15, -0.1) is 18.3 Å². The number of carbonyl (C=O) groups is 2. The Bertz CT molecular complexity index is 1780. The zero-order valence-corrected chi connectivity index (χ0v) is 25.4. The zero-order chi connectivity index (χ0) is 33.8. The number of amidine groups is 1. The van der Waals surface area contributed by atoms with Crippen molar-refractivity contribution in [3.63, 3.8) is 0 Å². The molecule has 0 atom stereocenters. The summed E-state index contributed by atoms with van der Waals surface area (Å²) < 4.78 is 74.6. The van der Waals surface area contributed by atoms with Crippen LogP contribution in [0.25, 0.3) is 17.1 Å². The molecule has 47 heavy (non-hydrogen) atoms. The highest BCUT2D eigenvalue weighted by molar-refractivity contribution is 8.15. The smallest absolute Gasteiger partial charge is 0.485 e. The fourth-order valence-corrected chi connectivity index (χ4v) is 5.03. The quantitative estimate of drug-likeness (QED) is 0.150. The van der Waals surface area contributed by atoms with Crippen LogP contribution in [0, 0.1) is 6.92 Å². The van der Waals surface area contributed by atoms with Crippen LogP contribution in [0.1, 0.15) is 18.1 Å². The summed E-state index contributed by atoms with van der Waals surface area (Å²) in [6.45, 7) is 1.53. The molecule has 246 valence electrons. The van der Waals surface area contributed by atoms with Crippen LogP contribution in [0.15, 0.2) is 78.0 Å². The van der Waals surface area contributed by atoms with Gasteiger partial charge in [0.1, 0.15) is 17.8 Å². The molecule has 0 radical (unpaired) electrons. The first-order chi connectivity index (χ1) is 22.2. The van der Waals surface area contributed by atoms with Gasteiger partial charge in [0.25, 0.3) is 5.92 Å². The molecule has 3 aromatic carbocycles. The van der Waals surface area contributed by atoms with Gasteiger partial charge in [0.05, 0.1) is 23.7 Å². The van der Waals surface area contributed by atoms with Crippen LogP contribution >= 0.6 is 11.8 Å². The van der Waals surface area contributed by atoms with Crippen LogP contribution in [0.2, 0.25) is 0 Å². The minimum atomic E-state index is -4.79. The molecule has 1 saturated heterocycles. The molecule has 1 N–H and O–H groups in total. The number of ether oxygens (including phenoxy) is 2. The fraction of sp³-hybridized carbons (Fsp3) is 0.233. The standard InChI is InChI=1S/C30H25F5N6O5S/c1-18-3-12-24(44-16-29(2,31)32)23(13-18)41-25(42)15-47-28(41)37-27(43)39-45-14-19-4-6-20(7-5-19)26-36-17-40(38-26)21-8-10-22(11-9-21)46-30(33,34)35/h3-13,17H,14-16H2,1-2H3,(H,39,43)/b37-28-. The lowest BCUT2D eigenvalue weighted by molar-refractivity contribution is -0.274. The second-order valence-corrected chi connectivity index (χ2v) is 11.1. The van der Waals surface area contributed by atoms with E-state index in [1.165, 1.54) is 41.3 Å². The molecular formula is C30H25F5N6O5S. The van der Waals surface area contributed by atoms with Gasteiger partial charge in [-0.3, -0.25) is 14.5 Å². The van der Waals surface area contributed by atoms with Crippen molar-refractivity contribution in [2.75, 3.05) is 17.3 Å². The number of urea groups is 1. The molecule has 11 nitrogen and oxygen atoms in total. The number of benzene rings is 3. The van der Waals surface area contributed by atoms with Crippen molar-refractivity contribution < 1.29 is 45.9 Å². The van der Waals surface area contributed by atoms with Gasteiger partial charge in [-0.25, -0.2) is 28.7 Å². The lowest BCUT2D eigenvalue weighted by Crippen LogP contribution is -2.32. The van der Waals surface area contributed by atoms with E-state index < -0.39 is 30.8 Å². The predicted octanol–water partition coefficient (Wildman–Crippen LogP) is 6.45. The highest BCUT2D eigenvalue weighted by Crippen LogP contribution is 2.36. The van der Waals surface area contributed by atoms with Crippen molar-refractivity contribution in [3.05, 3.63) is 84.2 Å². The molecule has 1 aromatic heterocycles. The summed E-state index contributed by atoms with van der Waals surface area (Å²) in [5.74, 6) is -3.49. The van der Waals surface area contributed by atoms with Gasteiger partial charge in [-0.2, -0.15) is 4.99 Å². The number of aromatic nitrogens is 3. The first kappa shape index (κ1) is 33.3. The number of amides is 3. The van der Waals surface area contributed by atoms with E-state index in [4.69, 9.17) is 9.57 Å². The summed E-state index contributed by atoms with van der Waals surface area (Å²) in [7, 11) is 0. The molecule has 1 aliphatic rings. The Morgan fingerprint density at radius 2 is 1.77 bits per heavy atom. The van der Waals surface area contributed by atoms with E-state index in [1.807, 2.05) is 0 Å². The minimum Gasteiger partial charge on any atom is -0.485 e. The molecule has 4 aromatic rings. The average molecular weight is 677 g/mol. The van der Waals surface area contributed by atoms with Crippen LogP contribution in [0.4, 0.5) is 32.4 Å². The molecule has 0 unspecified atom stereocenters. The van der Waals surface area contributed by atoms with Crippen molar-refractivity contribution in [2.45, 2.75) is 32.7 Å². The number of nitrogens with zero attached hydrogens (tertiary/aromatic N) is 5. The molecule has 1 fully saturated rings. The van der Waals surface area contributed by atoms with Gasteiger partial charge in [-0.1, -0.05) is 42.1 Å². The third-order valence-corrected chi connectivity index (χ3v) is 7.16. The number of anilines is 1. The maximum absolute atomic E-state index is 13.4. The number of nitrogens with one attached hydrogen (secondary N) is 1. The number of carbonyl (C=O) groups excluding carboxylic acids is 2. The van der Waals surface area contributed by atoms with Crippen LogP contribution in [0.5, 0.6) is 11.5 Å². The summed E-state index contributed by atoms with van der Waals surface area (Å²) in [5.41, 5.74) is 4.89. The number of alkyl halides is 5. The van der Waals surface area contributed by atoms with E-state index in [2.05, 4.69) is 25.3 Å². The van der Waals surface area contributed by atoms with Crippen LogP contribution in [-0.2, 0) is 16.2 Å². The van der Waals surface area contributed by atoms with Crippen molar-refractivity contribution in [1.29, 1.82) is 0 Å². The van der Waals surface area contributed by atoms with Crippen molar-refractivity contribution in [3.8, 4) is 28.6 Å². The molecule has 17 heteroatoms. The minimum absolute atomic E-state index is 0.0209. The molecule has 2 heterocycles. The van der Waals surface area contributed by atoms with E-state index in [-0.39, 0.29) is 34.7 Å². The van der Waals surface area contributed by atoms with Crippen molar-refractivity contribution in [1.82, 2.24) is 20.2 Å². The van der Waals surface area contributed by atoms with Crippen LogP contribution in [0.3, 0.4) is 0 Å². The highest BCUT2D eigenvalue weighted by Gasteiger charge is 2.34. The summed E-state index contributed by atoms with van der Waals surface area (Å²) in [5, 5.41) is 4.38. The topological polar surface area (TPSA) is 120 Å². The van der Waals surface area contributed by atoms with E-state index in [9.17, 15) is 31.5 Å². The monoisotopic (exact) mass is 676 g/mol. The molecule has 0 saturated carbocycles. The number of hydrogen-bond acceptors (Lipinski definition) is 8. The van der Waals surface area contributed by atoms with E-state index in [0.717, 1.165) is 22.2 Å². The number of thioether (sulfide) groups is 1. The predicted molar refractivity (Wildman–Crippen MR) is 161 cm³/mol. The lowest BCUT2D eigenvalue weighted by Gasteiger charge is -2.21. The number of aliphatic imine (C=N–C) groups is 1. The number of aryl methyl sites for hydroxylation is 1. The third-order valence-electron chi connectivity index (χ3n) is 6.24. The lowest BCUT2D eigenvalue weighted by atomic mass is 10.1. The van der Waals surface area contributed by atoms with E-state index in [0.29, 0.717) is 29.6 Å². The summed E-state index contributed by atoms with van der Waals surface area (Å²) >= 11 is 0.998. The highest BCUT2D eigenvalue weighted by atomic mass is 32.2. The Morgan fingerprint density at radius 3 is 2.45 bits per heavy atom. The maximum Gasteiger partial charge on any atom is 0.573 e. The van der Waals surface area contributed by atoms with E-state index >= 15 is 0 Å². The van der Waals surface area contributed by atoms with E-state index in [1.54, 1.807) is 43.3 Å². The second-order valence-electron chi connectivity index (χ2n) is 10.2. The fourth-order valence-electron chi connectivity index (χ4n) is 4.17. The van der Waals surface area contributed by atoms with Gasteiger partial charge < -0.3 is 9.47 Å². The van der Waals surface area contributed by atoms with Gasteiger partial charge in [-0.05, 0) is 54.4 Å². The van der Waals surface area contributed by atoms with Crippen molar-refractivity contribution >= 4 is 34.6 Å². The number of hydrogen-bond donors (Lipinski definition) is 1. The largest absolute Gasteiger partial charge is 0.573 e. The Morgan fingerprint density at radius 1 is 1.04 bits per heavy atom. The number of rotatable bonds is 10. The SMILES string of the molecule is Cc1ccc(OCC(C)(F)F)c(N2C(=O)CS/C2=N\C(=O)NOCc2ccc(-c3ncn(-c4ccc(OC(F)(F)F)cc4)n3)cc2)c1. The Kier molecular flexibility index (Phi) is 9.76. The van der Waals surface area contributed by atoms with Crippen molar-refractivity contribution in [2.24, 2.45) is 4.99 Å². The van der Waals surface area contributed by atoms with Gasteiger partial charge in [0.2, 0.25) is 5.91 Å². The normalized spacial score (nSPS) is 14.5. The maximum atomic E-state index is 13.4. The Labute approximate surface area is 268 Å². The molecule has 5 rings (SSSR count). The molecule has 0 spiro atoms. The molecule has 0 bridgehead atoms. The third kappa shape index (κ3) is 9.04. The van der Waals surface area contributed by atoms with Gasteiger partial charge >= 0.3 is 12.4 Å². The average Bonchev–Trinajstić information content (AvgIpc) is 3.63. The molecule has 0 aliphatic carbocycles. The summed E-state index contributed by atoms with van der Waals surface area (Å²) in [6.07, 6.45) is -3.38. The molecule has 1 aliphatic heterocycles. The van der Waals surface area contributed by atoms with Crippen LogP contribution < -0.4 is 19.9 Å². The summed E-state index contributed by atoms with van der Waals surface area (Å²) in [4.78, 5) is 39.8. The summed E-state index contributed by atoms with van der Waals surface area (Å²) in [6, 6.07) is 15.8. The Hall–Kier alpha value is -5.03. The van der Waals surface area contributed by atoms with Crippen LogP contribution in [-0.4, -0.2) is 56.5 Å². The van der Waals surface area contributed by atoms with Gasteiger partial charge in [0, 0.05) is 12.5 Å². The first-order valence-corrected chi connectivity index (χ1v) is 14.7. The number of halogens is 5.